The molecule has 0 saturated heterocycles. The van der Waals surface area contributed by atoms with Gasteiger partial charge in [0, 0.05) is 18.4 Å². The molecule has 0 spiro atoms. The van der Waals surface area contributed by atoms with Crippen molar-refractivity contribution in [3.05, 3.63) is 41.5 Å². The van der Waals surface area contributed by atoms with Crippen LogP contribution in [0.3, 0.4) is 0 Å². The normalized spacial score (nSPS) is 19.4. The summed E-state index contributed by atoms with van der Waals surface area (Å²) >= 11 is 0. The second-order valence-corrected chi connectivity index (χ2v) is 4.02. The Bertz CT molecular complexity index is 439. The van der Waals surface area contributed by atoms with Crippen molar-refractivity contribution < 1.29 is 19.0 Å². The maximum absolute atomic E-state index is 13.4. The zero-order valence-corrected chi connectivity index (χ0v) is 8.58. The first-order chi connectivity index (χ1) is 7.49. The Balaban J connectivity index is 2.33. The molecule has 0 saturated carbocycles. The quantitative estimate of drug-likeness (QED) is 0.721. The summed E-state index contributed by atoms with van der Waals surface area (Å²) < 4.78 is 26.4. The lowest BCUT2D eigenvalue weighted by molar-refractivity contribution is -0.163. The Morgan fingerprint density at radius 1 is 1.19 bits per heavy atom. The molecule has 0 bridgehead atoms. The van der Waals surface area contributed by atoms with Crippen LogP contribution in [0.2, 0.25) is 0 Å². The van der Waals surface area contributed by atoms with Gasteiger partial charge in [0.25, 0.3) is 0 Å². The van der Waals surface area contributed by atoms with Gasteiger partial charge in [0.15, 0.2) is 17.4 Å². The minimum Gasteiger partial charge on any atom is -0.365 e. The van der Waals surface area contributed by atoms with Gasteiger partial charge < -0.3 is 10.2 Å². The summed E-state index contributed by atoms with van der Waals surface area (Å²) in [6.45, 7) is 0. The van der Waals surface area contributed by atoms with Crippen LogP contribution in [-0.4, -0.2) is 16.0 Å². The van der Waals surface area contributed by atoms with E-state index >= 15 is 0 Å². The first kappa shape index (κ1) is 11.2. The minimum atomic E-state index is -1.71. The van der Waals surface area contributed by atoms with Crippen molar-refractivity contribution in [3.63, 3.8) is 0 Å². The van der Waals surface area contributed by atoms with Crippen molar-refractivity contribution in [2.24, 2.45) is 0 Å². The van der Waals surface area contributed by atoms with Crippen molar-refractivity contribution in [2.45, 2.75) is 25.0 Å². The lowest BCUT2D eigenvalue weighted by atomic mass is 9.90. The van der Waals surface area contributed by atoms with Gasteiger partial charge in [-0.3, -0.25) is 0 Å². The van der Waals surface area contributed by atoms with Gasteiger partial charge in [0.1, 0.15) is 0 Å². The van der Waals surface area contributed by atoms with E-state index in [0.29, 0.717) is 12.0 Å². The second kappa shape index (κ2) is 3.96. The number of hydrogen-bond acceptors (Lipinski definition) is 2. The fourth-order valence-electron chi connectivity index (χ4n) is 1.82. The molecule has 1 aromatic carbocycles. The molecule has 1 aliphatic carbocycles. The average molecular weight is 226 g/mol. The van der Waals surface area contributed by atoms with Crippen LogP contribution in [0.5, 0.6) is 0 Å². The number of benzene rings is 1. The van der Waals surface area contributed by atoms with Crippen molar-refractivity contribution >= 4 is 5.57 Å². The van der Waals surface area contributed by atoms with E-state index in [4.69, 9.17) is 0 Å². The van der Waals surface area contributed by atoms with Gasteiger partial charge in [-0.1, -0.05) is 18.2 Å². The van der Waals surface area contributed by atoms with Crippen LogP contribution in [0.1, 0.15) is 24.8 Å². The number of rotatable bonds is 1. The maximum Gasteiger partial charge on any atom is 0.166 e. The zero-order chi connectivity index (χ0) is 11.8. The predicted octanol–water partition coefficient (Wildman–Crippen LogP) is 2.21. The SMILES string of the molecule is OC1(O)CC=C(c2cccc(F)c2F)CC1. The second-order valence-electron chi connectivity index (χ2n) is 4.02. The number of allylic oxidation sites excluding steroid dienone is 1. The van der Waals surface area contributed by atoms with E-state index in [2.05, 4.69) is 0 Å². The van der Waals surface area contributed by atoms with Gasteiger partial charge in [-0.05, 0) is 18.1 Å². The maximum atomic E-state index is 13.4. The lowest BCUT2D eigenvalue weighted by Crippen LogP contribution is -2.29. The smallest absolute Gasteiger partial charge is 0.166 e. The molecule has 0 heterocycles. The predicted molar refractivity (Wildman–Crippen MR) is 55.4 cm³/mol. The highest BCUT2D eigenvalue weighted by atomic mass is 19.2. The van der Waals surface area contributed by atoms with Gasteiger partial charge in [-0.15, -0.1) is 0 Å². The molecule has 0 radical (unpaired) electrons. The van der Waals surface area contributed by atoms with Gasteiger partial charge in [-0.2, -0.15) is 0 Å². The molecule has 16 heavy (non-hydrogen) atoms. The van der Waals surface area contributed by atoms with E-state index in [0.717, 1.165) is 6.07 Å². The molecule has 0 atom stereocenters. The molecule has 2 nitrogen and oxygen atoms in total. The third-order valence-corrected chi connectivity index (χ3v) is 2.77. The summed E-state index contributed by atoms with van der Waals surface area (Å²) in [5, 5.41) is 18.6. The first-order valence-electron chi connectivity index (χ1n) is 5.08. The molecule has 1 aromatic rings. The standard InChI is InChI=1S/C12H12F2O2/c13-10-3-1-2-9(11(10)14)8-4-6-12(15,16)7-5-8/h1-4,15-16H,5-7H2. The zero-order valence-electron chi connectivity index (χ0n) is 8.58. The molecule has 1 aliphatic rings. The molecule has 0 amide bonds. The molecule has 0 fully saturated rings. The van der Waals surface area contributed by atoms with E-state index in [1.54, 1.807) is 6.08 Å². The van der Waals surface area contributed by atoms with Gasteiger partial charge >= 0.3 is 0 Å². The Labute approximate surface area is 91.8 Å². The fraction of sp³-hybridized carbons (Fsp3) is 0.333. The summed E-state index contributed by atoms with van der Waals surface area (Å²) in [5.41, 5.74) is 0.825. The van der Waals surface area contributed by atoms with E-state index < -0.39 is 17.4 Å². The minimum absolute atomic E-state index is 0.0400. The molecule has 4 heteroatoms. The average Bonchev–Trinajstić information content (AvgIpc) is 2.23. The van der Waals surface area contributed by atoms with Gasteiger partial charge in [-0.25, -0.2) is 8.78 Å². The molecule has 0 aliphatic heterocycles. The molecular weight excluding hydrogens is 214 g/mol. The van der Waals surface area contributed by atoms with E-state index in [9.17, 15) is 19.0 Å². The molecule has 0 unspecified atom stereocenters. The van der Waals surface area contributed by atoms with Gasteiger partial charge in [0.05, 0.1) is 0 Å². The van der Waals surface area contributed by atoms with Crippen molar-refractivity contribution in [1.82, 2.24) is 0 Å². The highest BCUT2D eigenvalue weighted by Crippen LogP contribution is 2.32. The van der Waals surface area contributed by atoms with E-state index in [-0.39, 0.29) is 18.4 Å². The largest absolute Gasteiger partial charge is 0.365 e. The Morgan fingerprint density at radius 3 is 2.56 bits per heavy atom. The fourth-order valence-corrected chi connectivity index (χ4v) is 1.82. The third-order valence-electron chi connectivity index (χ3n) is 2.77. The number of hydrogen-bond donors (Lipinski definition) is 2. The van der Waals surface area contributed by atoms with Crippen LogP contribution in [0.15, 0.2) is 24.3 Å². The lowest BCUT2D eigenvalue weighted by Gasteiger charge is -2.26. The molecular formula is C12H12F2O2. The van der Waals surface area contributed by atoms with Crippen molar-refractivity contribution in [2.75, 3.05) is 0 Å². The van der Waals surface area contributed by atoms with Crippen LogP contribution < -0.4 is 0 Å². The van der Waals surface area contributed by atoms with Gasteiger partial charge in [0.2, 0.25) is 0 Å². The summed E-state index contributed by atoms with van der Waals surface area (Å²) in [4.78, 5) is 0. The Kier molecular flexibility index (Phi) is 2.78. The highest BCUT2D eigenvalue weighted by molar-refractivity contribution is 5.67. The highest BCUT2D eigenvalue weighted by Gasteiger charge is 2.27. The molecule has 86 valence electrons. The Hall–Kier alpha value is -1.26. The van der Waals surface area contributed by atoms with Crippen molar-refractivity contribution in [1.29, 1.82) is 0 Å². The topological polar surface area (TPSA) is 40.5 Å². The monoisotopic (exact) mass is 226 g/mol. The third kappa shape index (κ3) is 2.13. The summed E-state index contributed by atoms with van der Waals surface area (Å²) in [7, 11) is 0. The Morgan fingerprint density at radius 2 is 1.94 bits per heavy atom. The van der Waals surface area contributed by atoms with Crippen LogP contribution in [0, 0.1) is 11.6 Å². The van der Waals surface area contributed by atoms with E-state index in [1.807, 2.05) is 0 Å². The number of halogens is 2. The van der Waals surface area contributed by atoms with Crippen LogP contribution in [-0.2, 0) is 0 Å². The molecule has 2 N–H and O–H groups in total. The van der Waals surface area contributed by atoms with Crippen molar-refractivity contribution in [3.8, 4) is 0 Å². The summed E-state index contributed by atoms with van der Waals surface area (Å²) in [6.07, 6.45) is 2.04. The van der Waals surface area contributed by atoms with E-state index in [1.165, 1.54) is 12.1 Å². The van der Waals surface area contributed by atoms with Crippen LogP contribution in [0.25, 0.3) is 5.57 Å². The molecule has 2 rings (SSSR count). The summed E-state index contributed by atoms with van der Waals surface area (Å²) in [5.74, 6) is -3.48. The summed E-state index contributed by atoms with van der Waals surface area (Å²) in [6, 6.07) is 3.99. The number of aliphatic hydroxyl groups is 2. The van der Waals surface area contributed by atoms with Crippen LogP contribution in [0.4, 0.5) is 8.78 Å². The van der Waals surface area contributed by atoms with Crippen LogP contribution >= 0.6 is 0 Å². The first-order valence-corrected chi connectivity index (χ1v) is 5.08. The molecule has 0 aromatic heterocycles.